The van der Waals surface area contributed by atoms with Crippen LogP contribution in [0.15, 0.2) is 0 Å². The molecule has 0 aromatic carbocycles. The zero-order chi connectivity index (χ0) is 16.2. The summed E-state index contributed by atoms with van der Waals surface area (Å²) in [6.07, 6.45) is 0. The lowest BCUT2D eigenvalue weighted by molar-refractivity contribution is -0.120. The van der Waals surface area contributed by atoms with Crippen molar-refractivity contribution in [3.05, 3.63) is 16.8 Å². The van der Waals surface area contributed by atoms with E-state index in [0.717, 1.165) is 11.3 Å². The molecule has 1 aromatic rings. The largest absolute Gasteiger partial charge is 0.389 e. The lowest BCUT2D eigenvalue weighted by atomic mass is 10.1. The number of rotatable bonds is 6. The third-order valence-corrected chi connectivity index (χ3v) is 3.35. The predicted octanol–water partition coefficient (Wildman–Crippen LogP) is 1.08. The quantitative estimate of drug-likeness (QED) is 0.765. The molecule has 1 aromatic heterocycles. The number of hydrogen-bond acceptors (Lipinski definition) is 5. The Bertz CT molecular complexity index is 544. The van der Waals surface area contributed by atoms with Crippen molar-refractivity contribution in [2.45, 2.75) is 40.7 Å². The van der Waals surface area contributed by atoms with E-state index < -0.39 is 0 Å². The first-order valence-electron chi connectivity index (χ1n) is 6.95. The van der Waals surface area contributed by atoms with Gasteiger partial charge in [0.25, 0.3) is 0 Å². The van der Waals surface area contributed by atoms with E-state index in [2.05, 4.69) is 15.5 Å². The SMILES string of the molecule is CCN(CC(=O)NC(C)C)c1nnc(C)c(C)c1C(N)=S. The Morgan fingerprint density at radius 2 is 2.00 bits per heavy atom. The van der Waals surface area contributed by atoms with Crippen LogP contribution in [-0.2, 0) is 4.79 Å². The minimum absolute atomic E-state index is 0.0687. The molecule has 0 spiro atoms. The summed E-state index contributed by atoms with van der Waals surface area (Å²) >= 11 is 5.13. The van der Waals surface area contributed by atoms with Crippen LogP contribution in [0.4, 0.5) is 5.82 Å². The van der Waals surface area contributed by atoms with Crippen molar-refractivity contribution in [2.24, 2.45) is 5.73 Å². The lowest BCUT2D eigenvalue weighted by Gasteiger charge is -2.24. The Hall–Kier alpha value is -1.76. The molecule has 0 saturated carbocycles. The first-order chi connectivity index (χ1) is 9.77. The number of likely N-dealkylation sites (N-methyl/N-ethyl adjacent to an activating group) is 1. The zero-order valence-corrected chi connectivity index (χ0v) is 14.0. The van der Waals surface area contributed by atoms with E-state index >= 15 is 0 Å². The third-order valence-electron chi connectivity index (χ3n) is 3.15. The molecule has 7 heteroatoms. The first-order valence-corrected chi connectivity index (χ1v) is 7.36. The summed E-state index contributed by atoms with van der Waals surface area (Å²) < 4.78 is 0. The predicted molar refractivity (Wildman–Crippen MR) is 88.6 cm³/mol. The van der Waals surface area contributed by atoms with Gasteiger partial charge in [-0.2, -0.15) is 5.10 Å². The topological polar surface area (TPSA) is 84.1 Å². The number of aromatic nitrogens is 2. The van der Waals surface area contributed by atoms with Gasteiger partial charge in [-0.25, -0.2) is 0 Å². The van der Waals surface area contributed by atoms with Crippen molar-refractivity contribution in [3.63, 3.8) is 0 Å². The number of carbonyl (C=O) groups is 1. The van der Waals surface area contributed by atoms with Gasteiger partial charge in [-0.3, -0.25) is 4.79 Å². The second-order valence-corrected chi connectivity index (χ2v) is 5.65. The van der Waals surface area contributed by atoms with E-state index in [9.17, 15) is 4.79 Å². The molecule has 0 fully saturated rings. The van der Waals surface area contributed by atoms with Gasteiger partial charge in [-0.1, -0.05) is 12.2 Å². The maximum Gasteiger partial charge on any atom is 0.239 e. The summed E-state index contributed by atoms with van der Waals surface area (Å²) in [5.41, 5.74) is 8.20. The summed E-state index contributed by atoms with van der Waals surface area (Å²) in [6.45, 7) is 10.4. The van der Waals surface area contributed by atoms with E-state index in [1.54, 1.807) is 0 Å². The molecule has 1 rings (SSSR count). The first kappa shape index (κ1) is 17.3. The van der Waals surface area contributed by atoms with Crippen LogP contribution in [0.5, 0.6) is 0 Å². The number of amides is 1. The van der Waals surface area contributed by atoms with E-state index in [4.69, 9.17) is 18.0 Å². The number of nitrogens with one attached hydrogen (secondary N) is 1. The number of hydrogen-bond donors (Lipinski definition) is 2. The summed E-state index contributed by atoms with van der Waals surface area (Å²) in [7, 11) is 0. The molecule has 1 heterocycles. The lowest BCUT2D eigenvalue weighted by Crippen LogP contribution is -2.41. The van der Waals surface area contributed by atoms with Crippen LogP contribution in [0.25, 0.3) is 0 Å². The van der Waals surface area contributed by atoms with Crippen LogP contribution >= 0.6 is 12.2 Å². The van der Waals surface area contributed by atoms with Crippen LogP contribution in [0.2, 0.25) is 0 Å². The molecule has 0 unspecified atom stereocenters. The number of anilines is 1. The van der Waals surface area contributed by atoms with Crippen LogP contribution in [0.3, 0.4) is 0 Å². The molecule has 0 saturated heterocycles. The van der Waals surface area contributed by atoms with Crippen LogP contribution in [0.1, 0.15) is 37.6 Å². The highest BCUT2D eigenvalue weighted by atomic mass is 32.1. The van der Waals surface area contributed by atoms with Crippen molar-refractivity contribution in [1.82, 2.24) is 15.5 Å². The molecule has 21 heavy (non-hydrogen) atoms. The second kappa shape index (κ2) is 7.31. The van der Waals surface area contributed by atoms with Gasteiger partial charge in [0, 0.05) is 12.6 Å². The van der Waals surface area contributed by atoms with Gasteiger partial charge in [0.05, 0.1) is 17.8 Å². The van der Waals surface area contributed by atoms with E-state index in [-0.39, 0.29) is 23.5 Å². The monoisotopic (exact) mass is 309 g/mol. The fourth-order valence-corrected chi connectivity index (χ4v) is 2.23. The van der Waals surface area contributed by atoms with Crippen LogP contribution in [-0.4, -0.2) is 40.2 Å². The molecule has 0 aliphatic carbocycles. The van der Waals surface area contributed by atoms with Crippen molar-refractivity contribution >= 4 is 28.9 Å². The Labute approximate surface area is 131 Å². The normalized spacial score (nSPS) is 10.6. The molecule has 0 radical (unpaired) electrons. The molecule has 6 nitrogen and oxygen atoms in total. The van der Waals surface area contributed by atoms with Gasteiger partial charge in [0.1, 0.15) is 4.99 Å². The van der Waals surface area contributed by atoms with Crippen LogP contribution < -0.4 is 16.0 Å². The van der Waals surface area contributed by atoms with E-state index in [1.807, 2.05) is 39.5 Å². The van der Waals surface area contributed by atoms with Crippen molar-refractivity contribution in [1.29, 1.82) is 0 Å². The smallest absolute Gasteiger partial charge is 0.239 e. The van der Waals surface area contributed by atoms with Crippen molar-refractivity contribution in [3.8, 4) is 0 Å². The van der Waals surface area contributed by atoms with Gasteiger partial charge in [-0.15, -0.1) is 5.10 Å². The number of nitrogens with zero attached hydrogens (tertiary/aromatic N) is 3. The van der Waals surface area contributed by atoms with Crippen molar-refractivity contribution < 1.29 is 4.79 Å². The highest BCUT2D eigenvalue weighted by molar-refractivity contribution is 7.80. The summed E-state index contributed by atoms with van der Waals surface area (Å²) in [5.74, 6) is 0.493. The number of nitrogens with two attached hydrogens (primary N) is 1. The standard InChI is InChI=1S/C14H23N5OS/c1-6-19(7-11(20)16-8(2)3)14-12(13(15)21)9(4)10(5)17-18-14/h8H,6-7H2,1-5H3,(H2,15,21)(H,16,20). The Morgan fingerprint density at radius 1 is 1.38 bits per heavy atom. The molecule has 1 amide bonds. The van der Waals surface area contributed by atoms with Gasteiger partial charge in [-0.05, 0) is 40.2 Å². The Balaban J connectivity index is 3.14. The molecule has 0 aliphatic heterocycles. The number of aryl methyl sites for hydroxylation is 1. The highest BCUT2D eigenvalue weighted by Gasteiger charge is 2.20. The summed E-state index contributed by atoms with van der Waals surface area (Å²) in [5, 5.41) is 11.2. The zero-order valence-electron chi connectivity index (χ0n) is 13.2. The third kappa shape index (κ3) is 4.35. The average molecular weight is 309 g/mol. The van der Waals surface area contributed by atoms with E-state index in [1.165, 1.54) is 0 Å². The Kier molecular flexibility index (Phi) is 6.02. The average Bonchev–Trinajstić information content (AvgIpc) is 2.37. The molecule has 0 bridgehead atoms. The second-order valence-electron chi connectivity index (χ2n) is 5.21. The molecule has 3 N–H and O–H groups in total. The molecular formula is C14H23N5OS. The molecule has 0 atom stereocenters. The van der Waals surface area contributed by atoms with Gasteiger partial charge in [0.2, 0.25) is 5.91 Å². The molecule has 0 aliphatic rings. The highest BCUT2D eigenvalue weighted by Crippen LogP contribution is 2.21. The fraction of sp³-hybridized carbons (Fsp3) is 0.571. The summed E-state index contributed by atoms with van der Waals surface area (Å²) in [4.78, 5) is 14.1. The Morgan fingerprint density at radius 3 is 2.48 bits per heavy atom. The molecular weight excluding hydrogens is 286 g/mol. The maximum absolute atomic E-state index is 12.0. The van der Waals surface area contributed by atoms with Gasteiger partial charge >= 0.3 is 0 Å². The summed E-state index contributed by atoms with van der Waals surface area (Å²) in [6, 6.07) is 0.0945. The minimum Gasteiger partial charge on any atom is -0.389 e. The molecule has 116 valence electrons. The van der Waals surface area contributed by atoms with Gasteiger partial charge in [0.15, 0.2) is 5.82 Å². The van der Waals surface area contributed by atoms with Crippen molar-refractivity contribution in [2.75, 3.05) is 18.0 Å². The number of carbonyl (C=O) groups excluding carboxylic acids is 1. The van der Waals surface area contributed by atoms with Gasteiger partial charge < -0.3 is 16.0 Å². The van der Waals surface area contributed by atoms with E-state index in [0.29, 0.717) is 17.9 Å². The maximum atomic E-state index is 12.0. The fourth-order valence-electron chi connectivity index (χ4n) is 1.99. The minimum atomic E-state index is -0.0687. The van der Waals surface area contributed by atoms with Crippen LogP contribution in [0, 0.1) is 13.8 Å². The number of thiocarbonyl (C=S) groups is 1.